The van der Waals surface area contributed by atoms with Crippen molar-refractivity contribution in [3.63, 3.8) is 0 Å². The van der Waals surface area contributed by atoms with E-state index in [1.165, 1.54) is 33.5 Å². The zero-order valence-corrected chi connectivity index (χ0v) is 22.2. The van der Waals surface area contributed by atoms with Crippen LogP contribution in [0.2, 0.25) is 0 Å². The molecule has 2 aliphatic heterocycles. The third kappa shape index (κ3) is 4.96. The molecule has 0 bridgehead atoms. The Morgan fingerprint density at radius 3 is 2.27 bits per heavy atom. The van der Waals surface area contributed by atoms with E-state index < -0.39 is 0 Å². The maximum Gasteiger partial charge on any atom is 0.137 e. The number of fused-ring (bicyclic) bond motifs is 1. The SMILES string of the molecule is Cc1cc(-c2cnc3[nH]cc(-c4ccc(OC5CCNCC5)cc4)c3c2)cc(C)c1N1CCN(C)CC1. The van der Waals surface area contributed by atoms with E-state index in [9.17, 15) is 0 Å². The summed E-state index contributed by atoms with van der Waals surface area (Å²) in [7, 11) is 2.20. The van der Waals surface area contributed by atoms with Gasteiger partial charge >= 0.3 is 0 Å². The molecule has 6 rings (SSSR count). The summed E-state index contributed by atoms with van der Waals surface area (Å²) in [5.74, 6) is 0.945. The third-order valence-corrected chi connectivity index (χ3v) is 7.93. The average molecular weight is 496 g/mol. The van der Waals surface area contributed by atoms with Crippen LogP contribution in [0.15, 0.2) is 54.9 Å². The molecular weight excluding hydrogens is 458 g/mol. The number of piperidine rings is 1. The van der Waals surface area contributed by atoms with Crippen molar-refractivity contribution in [2.45, 2.75) is 32.8 Å². The predicted molar refractivity (Wildman–Crippen MR) is 153 cm³/mol. The van der Waals surface area contributed by atoms with Crippen LogP contribution in [0.4, 0.5) is 5.69 Å². The number of nitrogens with zero attached hydrogens (tertiary/aromatic N) is 3. The van der Waals surface area contributed by atoms with Gasteiger partial charge in [-0.1, -0.05) is 12.1 Å². The molecule has 2 aliphatic rings. The first kappa shape index (κ1) is 24.0. The number of hydrogen-bond donors (Lipinski definition) is 2. The minimum Gasteiger partial charge on any atom is -0.490 e. The van der Waals surface area contributed by atoms with Crippen molar-refractivity contribution >= 4 is 16.7 Å². The third-order valence-electron chi connectivity index (χ3n) is 7.93. The van der Waals surface area contributed by atoms with Crippen molar-refractivity contribution in [3.8, 4) is 28.0 Å². The van der Waals surface area contributed by atoms with Crippen LogP contribution in [-0.4, -0.2) is 67.3 Å². The van der Waals surface area contributed by atoms with Crippen LogP contribution < -0.4 is 15.0 Å². The summed E-state index contributed by atoms with van der Waals surface area (Å²) in [5, 5.41) is 4.54. The number of likely N-dealkylation sites (N-methyl/N-ethyl adjacent to an activating group) is 1. The molecule has 0 radical (unpaired) electrons. The van der Waals surface area contributed by atoms with Gasteiger partial charge in [0.1, 0.15) is 17.5 Å². The van der Waals surface area contributed by atoms with Crippen LogP contribution in [0.5, 0.6) is 5.75 Å². The maximum atomic E-state index is 6.21. The molecule has 0 saturated carbocycles. The molecule has 0 spiro atoms. The van der Waals surface area contributed by atoms with Gasteiger partial charge in [0.05, 0.1) is 0 Å². The number of hydrogen-bond acceptors (Lipinski definition) is 5. The van der Waals surface area contributed by atoms with Gasteiger partial charge < -0.3 is 24.8 Å². The lowest BCUT2D eigenvalue weighted by Gasteiger charge is -2.36. The molecule has 2 saturated heterocycles. The fourth-order valence-electron chi connectivity index (χ4n) is 5.87. The van der Waals surface area contributed by atoms with Crippen molar-refractivity contribution in [3.05, 3.63) is 66.0 Å². The largest absolute Gasteiger partial charge is 0.490 e. The highest BCUT2D eigenvalue weighted by atomic mass is 16.5. The zero-order chi connectivity index (χ0) is 25.4. The fourth-order valence-corrected chi connectivity index (χ4v) is 5.87. The van der Waals surface area contributed by atoms with Gasteiger partial charge in [0.2, 0.25) is 0 Å². The van der Waals surface area contributed by atoms with Crippen molar-refractivity contribution in [2.75, 3.05) is 51.2 Å². The van der Waals surface area contributed by atoms with Crippen LogP contribution in [0, 0.1) is 13.8 Å². The Labute approximate surface area is 219 Å². The highest BCUT2D eigenvalue weighted by molar-refractivity contribution is 5.96. The molecule has 2 N–H and O–H groups in total. The standard InChI is InChI=1S/C31H37N5O/c1-21-16-24(17-22(2)30(21)36-14-12-35(3)13-15-36)25-18-28-29(20-34-31(28)33-19-25)23-4-6-26(7-5-23)37-27-8-10-32-11-9-27/h4-7,16-20,27,32H,8-15H2,1-3H3,(H,33,34). The molecule has 6 heteroatoms. The van der Waals surface area contributed by atoms with E-state index >= 15 is 0 Å². The molecule has 4 aromatic rings. The minimum absolute atomic E-state index is 0.307. The van der Waals surface area contributed by atoms with E-state index in [4.69, 9.17) is 9.72 Å². The minimum atomic E-state index is 0.307. The summed E-state index contributed by atoms with van der Waals surface area (Å²) in [4.78, 5) is 13.1. The monoisotopic (exact) mass is 495 g/mol. The Kier molecular flexibility index (Phi) is 6.61. The Morgan fingerprint density at radius 1 is 0.865 bits per heavy atom. The number of benzene rings is 2. The van der Waals surface area contributed by atoms with Gasteiger partial charge in [-0.15, -0.1) is 0 Å². The van der Waals surface area contributed by atoms with Crippen LogP contribution in [0.3, 0.4) is 0 Å². The predicted octanol–water partition coefficient (Wildman–Crippen LogP) is 5.40. The van der Waals surface area contributed by atoms with Crippen LogP contribution in [0.25, 0.3) is 33.3 Å². The first-order valence-electron chi connectivity index (χ1n) is 13.6. The number of aryl methyl sites for hydroxylation is 2. The van der Waals surface area contributed by atoms with Gasteiger partial charge in [0.25, 0.3) is 0 Å². The Balaban J connectivity index is 1.27. The van der Waals surface area contributed by atoms with Crippen molar-refractivity contribution in [2.24, 2.45) is 0 Å². The number of anilines is 1. The highest BCUT2D eigenvalue weighted by Gasteiger charge is 2.19. The lowest BCUT2D eigenvalue weighted by atomic mass is 9.97. The van der Waals surface area contributed by atoms with E-state index in [2.05, 4.69) is 89.7 Å². The molecule has 37 heavy (non-hydrogen) atoms. The van der Waals surface area contributed by atoms with Gasteiger partial charge in [-0.25, -0.2) is 4.98 Å². The highest BCUT2D eigenvalue weighted by Crippen LogP contribution is 2.35. The molecule has 2 aromatic carbocycles. The lowest BCUT2D eigenvalue weighted by Crippen LogP contribution is -2.45. The number of H-pyrrole nitrogens is 1. The number of aromatic nitrogens is 2. The molecule has 0 unspecified atom stereocenters. The molecule has 0 amide bonds. The fraction of sp³-hybridized carbons (Fsp3) is 0.387. The van der Waals surface area contributed by atoms with E-state index in [1.807, 2.05) is 6.20 Å². The second-order valence-corrected chi connectivity index (χ2v) is 10.7. The van der Waals surface area contributed by atoms with Gasteiger partial charge in [-0.05, 0) is 99.4 Å². The Bertz CT molecular complexity index is 1360. The quantitative estimate of drug-likeness (QED) is 0.388. The number of rotatable bonds is 5. The van der Waals surface area contributed by atoms with Crippen molar-refractivity contribution < 1.29 is 4.74 Å². The van der Waals surface area contributed by atoms with Gasteiger partial charge in [-0.3, -0.25) is 0 Å². The van der Waals surface area contributed by atoms with E-state index in [-0.39, 0.29) is 0 Å². The first-order chi connectivity index (χ1) is 18.0. The molecule has 6 nitrogen and oxygen atoms in total. The summed E-state index contributed by atoms with van der Waals surface area (Å²) in [6.45, 7) is 10.9. The van der Waals surface area contributed by atoms with E-state index in [1.54, 1.807) is 0 Å². The number of piperazine rings is 1. The van der Waals surface area contributed by atoms with Gasteiger partial charge in [0.15, 0.2) is 0 Å². The van der Waals surface area contributed by atoms with Crippen molar-refractivity contribution in [1.82, 2.24) is 20.2 Å². The van der Waals surface area contributed by atoms with Gasteiger partial charge in [-0.2, -0.15) is 0 Å². The molecule has 2 aromatic heterocycles. The molecule has 0 atom stereocenters. The van der Waals surface area contributed by atoms with Gasteiger partial charge in [0, 0.05) is 60.8 Å². The van der Waals surface area contributed by atoms with Crippen LogP contribution in [0.1, 0.15) is 24.0 Å². The summed E-state index contributed by atoms with van der Waals surface area (Å²) in [6.07, 6.45) is 6.49. The lowest BCUT2D eigenvalue weighted by molar-refractivity contribution is 0.162. The molecule has 2 fully saturated rings. The summed E-state index contributed by atoms with van der Waals surface area (Å²) in [6, 6.07) is 15.4. The first-order valence-corrected chi connectivity index (χ1v) is 13.6. The normalized spacial score (nSPS) is 17.4. The van der Waals surface area contributed by atoms with Crippen molar-refractivity contribution in [1.29, 1.82) is 0 Å². The molecular formula is C31H37N5O. The molecule has 192 valence electrons. The molecule has 0 aliphatic carbocycles. The second kappa shape index (κ2) is 10.2. The van der Waals surface area contributed by atoms with Crippen LogP contribution in [-0.2, 0) is 0 Å². The second-order valence-electron chi connectivity index (χ2n) is 10.7. The Hall–Kier alpha value is -3.35. The summed E-state index contributed by atoms with van der Waals surface area (Å²) < 4.78 is 6.21. The number of ether oxygens (including phenoxy) is 1. The number of pyridine rings is 1. The summed E-state index contributed by atoms with van der Waals surface area (Å²) in [5.41, 5.74) is 9.67. The topological polar surface area (TPSA) is 56.4 Å². The van der Waals surface area contributed by atoms with E-state index in [0.717, 1.165) is 74.5 Å². The molecule has 4 heterocycles. The number of aromatic amines is 1. The summed E-state index contributed by atoms with van der Waals surface area (Å²) >= 11 is 0. The number of nitrogens with one attached hydrogen (secondary N) is 2. The van der Waals surface area contributed by atoms with Crippen LogP contribution >= 0.6 is 0 Å². The zero-order valence-electron chi connectivity index (χ0n) is 22.2. The van der Waals surface area contributed by atoms with E-state index in [0.29, 0.717) is 6.10 Å². The maximum absolute atomic E-state index is 6.21. The Morgan fingerprint density at radius 2 is 1.57 bits per heavy atom. The average Bonchev–Trinajstić information content (AvgIpc) is 3.34. The smallest absolute Gasteiger partial charge is 0.137 e.